The van der Waals surface area contributed by atoms with Crippen molar-refractivity contribution < 1.29 is 9.59 Å². The predicted octanol–water partition coefficient (Wildman–Crippen LogP) is 3.71. The number of carbonyl (C=O) groups is 2. The number of amides is 2. The first kappa shape index (κ1) is 15.3. The molecule has 2 amide bonds. The van der Waals surface area contributed by atoms with Gasteiger partial charge in [0.15, 0.2) is 0 Å². The van der Waals surface area contributed by atoms with Gasteiger partial charge in [-0.25, -0.2) is 0 Å². The zero-order valence-electron chi connectivity index (χ0n) is 13.4. The highest BCUT2D eigenvalue weighted by Gasteiger charge is 2.31. The SMILES string of the molecule is C[C@H]1Cc2ccccc2N1C(=O)c1ccc2c(c1)NC(=O)CCS2. The van der Waals surface area contributed by atoms with Gasteiger partial charge in [0.25, 0.3) is 5.91 Å². The minimum Gasteiger partial charge on any atom is -0.325 e. The van der Waals surface area contributed by atoms with E-state index in [2.05, 4.69) is 18.3 Å². The third-order valence-corrected chi connectivity index (χ3v) is 5.59. The first-order valence-corrected chi connectivity index (χ1v) is 9.10. The molecule has 0 unspecified atom stereocenters. The number of fused-ring (bicyclic) bond motifs is 2. The van der Waals surface area contributed by atoms with E-state index >= 15 is 0 Å². The third kappa shape index (κ3) is 2.59. The average molecular weight is 338 g/mol. The molecule has 4 rings (SSSR count). The number of nitrogens with one attached hydrogen (secondary N) is 1. The Balaban J connectivity index is 1.69. The van der Waals surface area contributed by atoms with Gasteiger partial charge in [0.1, 0.15) is 0 Å². The van der Waals surface area contributed by atoms with Gasteiger partial charge in [-0.05, 0) is 43.2 Å². The van der Waals surface area contributed by atoms with Crippen molar-refractivity contribution in [2.24, 2.45) is 0 Å². The van der Waals surface area contributed by atoms with Crippen LogP contribution in [0.1, 0.15) is 29.3 Å². The van der Waals surface area contributed by atoms with Crippen molar-refractivity contribution in [2.75, 3.05) is 16.0 Å². The predicted molar refractivity (Wildman–Crippen MR) is 96.8 cm³/mol. The van der Waals surface area contributed by atoms with Crippen LogP contribution in [0, 0.1) is 0 Å². The number of para-hydroxylation sites is 1. The van der Waals surface area contributed by atoms with Crippen LogP contribution >= 0.6 is 11.8 Å². The van der Waals surface area contributed by atoms with Crippen molar-refractivity contribution in [3.63, 3.8) is 0 Å². The van der Waals surface area contributed by atoms with Gasteiger partial charge in [0, 0.05) is 34.4 Å². The van der Waals surface area contributed by atoms with Gasteiger partial charge in [0.2, 0.25) is 5.91 Å². The fourth-order valence-corrected chi connectivity index (χ4v) is 4.30. The summed E-state index contributed by atoms with van der Waals surface area (Å²) < 4.78 is 0. The Morgan fingerprint density at radius 2 is 2.08 bits per heavy atom. The fourth-order valence-electron chi connectivity index (χ4n) is 3.37. The molecule has 0 saturated heterocycles. The van der Waals surface area contributed by atoms with E-state index < -0.39 is 0 Å². The smallest absolute Gasteiger partial charge is 0.258 e. The second-order valence-corrected chi connectivity index (χ2v) is 7.35. The largest absolute Gasteiger partial charge is 0.325 e. The zero-order chi connectivity index (χ0) is 16.7. The number of thioether (sulfide) groups is 1. The highest BCUT2D eigenvalue weighted by atomic mass is 32.2. The van der Waals surface area contributed by atoms with E-state index in [1.54, 1.807) is 11.8 Å². The van der Waals surface area contributed by atoms with Crippen LogP contribution in [-0.2, 0) is 11.2 Å². The minimum absolute atomic E-state index is 0.00531. The molecule has 2 aliphatic heterocycles. The average Bonchev–Trinajstić information content (AvgIpc) is 2.78. The minimum atomic E-state index is -0.0151. The molecule has 122 valence electrons. The monoisotopic (exact) mass is 338 g/mol. The van der Waals surface area contributed by atoms with E-state index in [0.717, 1.165) is 28.4 Å². The Bertz CT molecular complexity index is 834. The third-order valence-electron chi connectivity index (χ3n) is 4.51. The summed E-state index contributed by atoms with van der Waals surface area (Å²) >= 11 is 1.65. The number of nitrogens with zero attached hydrogens (tertiary/aromatic N) is 1. The van der Waals surface area contributed by atoms with E-state index in [9.17, 15) is 9.59 Å². The first-order chi connectivity index (χ1) is 11.6. The molecule has 24 heavy (non-hydrogen) atoms. The summed E-state index contributed by atoms with van der Waals surface area (Å²) in [5.74, 6) is 0.757. The molecule has 0 radical (unpaired) electrons. The molecule has 0 fully saturated rings. The lowest BCUT2D eigenvalue weighted by molar-refractivity contribution is -0.115. The molecule has 0 aromatic heterocycles. The molecule has 1 N–H and O–H groups in total. The lowest BCUT2D eigenvalue weighted by atomic mass is 10.1. The van der Waals surface area contributed by atoms with E-state index in [1.807, 2.05) is 41.3 Å². The van der Waals surface area contributed by atoms with Crippen LogP contribution in [0.15, 0.2) is 47.4 Å². The molecular formula is C19H18N2O2S. The van der Waals surface area contributed by atoms with Crippen molar-refractivity contribution in [1.29, 1.82) is 0 Å². The van der Waals surface area contributed by atoms with Gasteiger partial charge in [-0.3, -0.25) is 9.59 Å². The van der Waals surface area contributed by atoms with Crippen molar-refractivity contribution in [3.8, 4) is 0 Å². The van der Waals surface area contributed by atoms with Crippen LogP contribution < -0.4 is 10.2 Å². The van der Waals surface area contributed by atoms with Gasteiger partial charge in [-0.15, -0.1) is 11.8 Å². The van der Waals surface area contributed by atoms with Gasteiger partial charge in [0.05, 0.1) is 5.69 Å². The zero-order valence-corrected chi connectivity index (χ0v) is 14.2. The second-order valence-electron chi connectivity index (χ2n) is 6.21. The summed E-state index contributed by atoms with van der Waals surface area (Å²) in [6.45, 7) is 2.07. The molecule has 2 aliphatic rings. The Kier molecular flexibility index (Phi) is 3.81. The molecule has 2 heterocycles. The van der Waals surface area contributed by atoms with Crippen molar-refractivity contribution in [1.82, 2.24) is 0 Å². The summed E-state index contributed by atoms with van der Waals surface area (Å²) in [5, 5.41) is 2.91. The highest BCUT2D eigenvalue weighted by Crippen LogP contribution is 2.35. The van der Waals surface area contributed by atoms with Gasteiger partial charge in [-0.1, -0.05) is 18.2 Å². The second kappa shape index (κ2) is 5.98. The lowest BCUT2D eigenvalue weighted by Gasteiger charge is -2.23. The number of hydrogen-bond donors (Lipinski definition) is 1. The molecule has 0 saturated carbocycles. The van der Waals surface area contributed by atoms with Crippen molar-refractivity contribution >= 4 is 35.0 Å². The molecule has 0 aliphatic carbocycles. The molecule has 1 atom stereocenters. The summed E-state index contributed by atoms with van der Waals surface area (Å²) in [7, 11) is 0. The molecule has 4 nitrogen and oxygen atoms in total. The quantitative estimate of drug-likeness (QED) is 0.862. The van der Waals surface area contributed by atoms with Crippen LogP contribution in [0.4, 0.5) is 11.4 Å². The number of rotatable bonds is 1. The Hall–Kier alpha value is -2.27. The number of hydrogen-bond acceptors (Lipinski definition) is 3. The molecule has 5 heteroatoms. The Morgan fingerprint density at radius 1 is 1.25 bits per heavy atom. The summed E-state index contributed by atoms with van der Waals surface area (Å²) in [6, 6.07) is 13.8. The maximum Gasteiger partial charge on any atom is 0.258 e. The van der Waals surface area contributed by atoms with E-state index in [1.165, 1.54) is 5.56 Å². The molecule has 0 spiro atoms. The molecule has 2 aromatic carbocycles. The van der Waals surface area contributed by atoms with Crippen LogP contribution in [0.2, 0.25) is 0 Å². The summed E-state index contributed by atoms with van der Waals surface area (Å²) in [4.78, 5) is 27.7. The number of carbonyl (C=O) groups excluding carboxylic acids is 2. The molecular weight excluding hydrogens is 320 g/mol. The van der Waals surface area contributed by atoms with Crippen LogP contribution in [0.5, 0.6) is 0 Å². The van der Waals surface area contributed by atoms with E-state index in [4.69, 9.17) is 0 Å². The maximum atomic E-state index is 13.1. The number of anilines is 2. The van der Waals surface area contributed by atoms with Gasteiger partial charge >= 0.3 is 0 Å². The standard InChI is InChI=1S/C19H18N2O2S/c1-12-10-13-4-2-3-5-16(13)21(12)19(23)14-6-7-17-15(11-14)20-18(22)8-9-24-17/h2-7,11-12H,8-10H2,1H3,(H,20,22)/t12-/m0/s1. The topological polar surface area (TPSA) is 49.4 Å². The molecule has 2 aromatic rings. The Morgan fingerprint density at radius 3 is 2.96 bits per heavy atom. The van der Waals surface area contributed by atoms with E-state index in [0.29, 0.717) is 12.0 Å². The van der Waals surface area contributed by atoms with Gasteiger partial charge < -0.3 is 10.2 Å². The summed E-state index contributed by atoms with van der Waals surface area (Å²) in [5.41, 5.74) is 3.55. The molecule has 0 bridgehead atoms. The van der Waals surface area contributed by atoms with Crippen LogP contribution in [-0.4, -0.2) is 23.6 Å². The highest BCUT2D eigenvalue weighted by molar-refractivity contribution is 7.99. The van der Waals surface area contributed by atoms with Crippen LogP contribution in [0.25, 0.3) is 0 Å². The fraction of sp³-hybridized carbons (Fsp3) is 0.263. The number of benzene rings is 2. The lowest BCUT2D eigenvalue weighted by Crippen LogP contribution is -2.35. The van der Waals surface area contributed by atoms with Gasteiger partial charge in [-0.2, -0.15) is 0 Å². The van der Waals surface area contributed by atoms with Crippen molar-refractivity contribution in [2.45, 2.75) is 30.7 Å². The first-order valence-electron chi connectivity index (χ1n) is 8.11. The maximum absolute atomic E-state index is 13.1. The van der Waals surface area contributed by atoms with Crippen LogP contribution in [0.3, 0.4) is 0 Å². The van der Waals surface area contributed by atoms with Crippen molar-refractivity contribution in [3.05, 3.63) is 53.6 Å². The van der Waals surface area contributed by atoms with E-state index in [-0.39, 0.29) is 17.9 Å². The Labute approximate surface area is 145 Å². The summed E-state index contributed by atoms with van der Waals surface area (Å²) in [6.07, 6.45) is 1.37. The normalized spacial score (nSPS) is 19.3.